The van der Waals surface area contributed by atoms with E-state index in [0.717, 1.165) is 25.7 Å². The molecule has 0 heterocycles. The van der Waals surface area contributed by atoms with Crippen LogP contribution in [0, 0.1) is 17.8 Å². The summed E-state index contributed by atoms with van der Waals surface area (Å²) in [7, 11) is 0. The number of benzene rings is 1. The zero-order valence-electron chi connectivity index (χ0n) is 16.6. The summed E-state index contributed by atoms with van der Waals surface area (Å²) in [5.41, 5.74) is -0.736. The van der Waals surface area contributed by atoms with Gasteiger partial charge in [0.05, 0.1) is 19.8 Å². The van der Waals surface area contributed by atoms with E-state index in [1.54, 1.807) is 0 Å². The molecular formula is C23H33NO4. The van der Waals surface area contributed by atoms with E-state index in [1.165, 1.54) is 6.42 Å². The Labute approximate surface area is 168 Å². The summed E-state index contributed by atoms with van der Waals surface area (Å²) in [6, 6.07) is 9.32. The van der Waals surface area contributed by atoms with Gasteiger partial charge in [0.2, 0.25) is 0 Å². The number of hydrogen-bond acceptors (Lipinski definition) is 5. The summed E-state index contributed by atoms with van der Waals surface area (Å²) < 4.78 is 0. The van der Waals surface area contributed by atoms with Crippen LogP contribution in [0.3, 0.4) is 0 Å². The van der Waals surface area contributed by atoms with Crippen molar-refractivity contribution in [2.75, 3.05) is 32.8 Å². The second-order valence-corrected chi connectivity index (χ2v) is 7.47. The van der Waals surface area contributed by atoms with Crippen LogP contribution in [-0.4, -0.2) is 58.9 Å². The van der Waals surface area contributed by atoms with Gasteiger partial charge in [0.15, 0.2) is 11.4 Å². The van der Waals surface area contributed by atoms with Crippen molar-refractivity contribution in [2.24, 2.45) is 5.92 Å². The molecule has 1 atom stereocenters. The van der Waals surface area contributed by atoms with E-state index in [0.29, 0.717) is 31.6 Å². The lowest BCUT2D eigenvalue weighted by Crippen LogP contribution is -2.44. The van der Waals surface area contributed by atoms with Gasteiger partial charge in [0, 0.05) is 25.9 Å². The molecule has 3 N–H and O–H groups in total. The summed E-state index contributed by atoms with van der Waals surface area (Å²) in [4.78, 5) is 14.9. The first-order valence-electron chi connectivity index (χ1n) is 10.3. The molecular weight excluding hydrogens is 354 g/mol. The van der Waals surface area contributed by atoms with Crippen molar-refractivity contribution in [2.45, 2.75) is 50.5 Å². The SMILES string of the molecule is O=C(CCC#CCN(CCO)CCO)[C@@](O)(c1ccccc1)C1CCCCC1. The average Bonchev–Trinajstić information content (AvgIpc) is 2.74. The van der Waals surface area contributed by atoms with Crippen molar-refractivity contribution in [3.63, 3.8) is 0 Å². The topological polar surface area (TPSA) is 81.0 Å². The van der Waals surface area contributed by atoms with Crippen molar-refractivity contribution in [1.29, 1.82) is 0 Å². The molecule has 1 aromatic carbocycles. The molecule has 0 bridgehead atoms. The van der Waals surface area contributed by atoms with E-state index in [4.69, 9.17) is 10.2 Å². The summed E-state index contributed by atoms with van der Waals surface area (Å²) >= 11 is 0. The number of nitrogens with zero attached hydrogens (tertiary/aromatic N) is 1. The molecule has 2 rings (SSSR count). The highest BCUT2D eigenvalue weighted by Crippen LogP contribution is 2.40. The lowest BCUT2D eigenvalue weighted by atomic mass is 9.70. The first kappa shape index (κ1) is 22.6. The van der Waals surface area contributed by atoms with Crippen LogP contribution in [0.1, 0.15) is 50.5 Å². The molecule has 0 radical (unpaired) electrons. The van der Waals surface area contributed by atoms with Crippen LogP contribution < -0.4 is 0 Å². The van der Waals surface area contributed by atoms with Gasteiger partial charge < -0.3 is 15.3 Å². The van der Waals surface area contributed by atoms with Gasteiger partial charge in [0.1, 0.15) is 0 Å². The van der Waals surface area contributed by atoms with E-state index in [1.807, 2.05) is 35.2 Å². The van der Waals surface area contributed by atoms with Gasteiger partial charge in [-0.15, -0.1) is 5.92 Å². The van der Waals surface area contributed by atoms with Crippen molar-refractivity contribution in [3.8, 4) is 11.8 Å². The average molecular weight is 388 g/mol. The minimum absolute atomic E-state index is 0.0195. The van der Waals surface area contributed by atoms with Crippen LogP contribution in [0.15, 0.2) is 30.3 Å². The molecule has 0 unspecified atom stereocenters. The van der Waals surface area contributed by atoms with E-state index in [-0.39, 0.29) is 31.3 Å². The minimum atomic E-state index is -1.43. The predicted octanol–water partition coefficient (Wildman–Crippen LogP) is 2.09. The van der Waals surface area contributed by atoms with E-state index in [9.17, 15) is 9.90 Å². The van der Waals surface area contributed by atoms with Gasteiger partial charge in [-0.3, -0.25) is 9.69 Å². The van der Waals surface area contributed by atoms with Crippen LogP contribution in [0.4, 0.5) is 0 Å². The lowest BCUT2D eigenvalue weighted by molar-refractivity contribution is -0.146. The molecule has 1 aliphatic carbocycles. The maximum Gasteiger partial charge on any atom is 0.170 e. The van der Waals surface area contributed by atoms with Crippen LogP contribution in [0.25, 0.3) is 0 Å². The fourth-order valence-corrected chi connectivity index (χ4v) is 4.01. The van der Waals surface area contributed by atoms with Crippen molar-refractivity contribution < 1.29 is 20.1 Å². The van der Waals surface area contributed by atoms with Gasteiger partial charge in [-0.25, -0.2) is 0 Å². The van der Waals surface area contributed by atoms with Crippen molar-refractivity contribution in [3.05, 3.63) is 35.9 Å². The molecule has 28 heavy (non-hydrogen) atoms. The Hall–Kier alpha value is -1.71. The Morgan fingerprint density at radius 1 is 1.04 bits per heavy atom. The molecule has 1 aromatic rings. The highest BCUT2D eigenvalue weighted by molar-refractivity contribution is 5.88. The third-order valence-electron chi connectivity index (χ3n) is 5.57. The first-order valence-corrected chi connectivity index (χ1v) is 10.3. The van der Waals surface area contributed by atoms with E-state index >= 15 is 0 Å². The highest BCUT2D eigenvalue weighted by atomic mass is 16.3. The molecule has 1 saturated carbocycles. The molecule has 0 amide bonds. The second-order valence-electron chi connectivity index (χ2n) is 7.47. The number of carbonyl (C=O) groups excluding carboxylic acids is 1. The zero-order chi connectivity index (χ0) is 20.2. The zero-order valence-corrected chi connectivity index (χ0v) is 16.6. The molecule has 5 nitrogen and oxygen atoms in total. The monoisotopic (exact) mass is 387 g/mol. The van der Waals surface area contributed by atoms with Gasteiger partial charge in [-0.05, 0) is 24.3 Å². The fraction of sp³-hybridized carbons (Fsp3) is 0.609. The molecule has 0 saturated heterocycles. The lowest BCUT2D eigenvalue weighted by Gasteiger charge is -2.37. The standard InChI is InChI=1S/C23H33NO4/c25-18-16-24(17-19-26)15-9-3-8-14-22(27)23(28,20-10-4-1-5-11-20)21-12-6-2-7-13-21/h1,4-5,10-11,21,25-26,28H,2,6-8,12-19H2/t23-/m1/s1. The van der Waals surface area contributed by atoms with Crippen LogP contribution in [0.5, 0.6) is 0 Å². The number of aliphatic hydroxyl groups excluding tert-OH is 2. The number of rotatable bonds is 10. The Kier molecular flexibility index (Phi) is 9.66. The fourth-order valence-electron chi connectivity index (χ4n) is 4.01. The van der Waals surface area contributed by atoms with Crippen molar-refractivity contribution in [1.82, 2.24) is 4.90 Å². The van der Waals surface area contributed by atoms with Gasteiger partial charge in [-0.2, -0.15) is 0 Å². The molecule has 0 aromatic heterocycles. The molecule has 0 spiro atoms. The number of aliphatic hydroxyl groups is 3. The highest BCUT2D eigenvalue weighted by Gasteiger charge is 2.44. The quantitative estimate of drug-likeness (QED) is 0.536. The Balaban J connectivity index is 2.01. The van der Waals surface area contributed by atoms with Gasteiger partial charge in [0.25, 0.3) is 0 Å². The number of carbonyl (C=O) groups is 1. The summed E-state index contributed by atoms with van der Waals surface area (Å²) in [6.07, 6.45) is 5.64. The van der Waals surface area contributed by atoms with Crippen molar-refractivity contribution >= 4 is 5.78 Å². The smallest absolute Gasteiger partial charge is 0.170 e. The summed E-state index contributed by atoms with van der Waals surface area (Å²) in [5, 5.41) is 29.5. The van der Waals surface area contributed by atoms with E-state index < -0.39 is 5.60 Å². The first-order chi connectivity index (χ1) is 13.6. The number of ketones is 1. The largest absolute Gasteiger partial charge is 0.395 e. The summed E-state index contributed by atoms with van der Waals surface area (Å²) in [5.74, 6) is 5.82. The van der Waals surface area contributed by atoms with Crippen LogP contribution in [-0.2, 0) is 10.4 Å². The number of hydrogen-bond donors (Lipinski definition) is 3. The molecule has 1 fully saturated rings. The Morgan fingerprint density at radius 3 is 2.29 bits per heavy atom. The number of Topliss-reactive ketones (excluding diaryl/α,β-unsaturated/α-hetero) is 1. The molecule has 1 aliphatic rings. The third-order valence-corrected chi connectivity index (χ3v) is 5.57. The normalized spacial score (nSPS) is 17.0. The molecule has 154 valence electrons. The molecule has 5 heteroatoms. The Morgan fingerprint density at radius 2 is 1.68 bits per heavy atom. The van der Waals surface area contributed by atoms with Gasteiger partial charge in [-0.1, -0.05) is 55.5 Å². The van der Waals surface area contributed by atoms with Crippen LogP contribution >= 0.6 is 0 Å². The summed E-state index contributed by atoms with van der Waals surface area (Å²) in [6.45, 7) is 1.41. The maximum absolute atomic E-state index is 13.1. The van der Waals surface area contributed by atoms with E-state index in [2.05, 4.69) is 11.8 Å². The second kappa shape index (κ2) is 12.0. The Bertz CT molecular complexity index is 640. The predicted molar refractivity (Wildman–Crippen MR) is 110 cm³/mol. The maximum atomic E-state index is 13.1. The third kappa shape index (κ3) is 6.15. The molecule has 0 aliphatic heterocycles. The van der Waals surface area contributed by atoms with Crippen LogP contribution in [0.2, 0.25) is 0 Å². The van der Waals surface area contributed by atoms with Gasteiger partial charge >= 0.3 is 0 Å². The minimum Gasteiger partial charge on any atom is -0.395 e.